The van der Waals surface area contributed by atoms with Gasteiger partial charge in [-0.2, -0.15) is 0 Å². The minimum Gasteiger partial charge on any atom is -0.310 e. The van der Waals surface area contributed by atoms with E-state index < -0.39 is 0 Å². The predicted molar refractivity (Wildman–Crippen MR) is 79.0 cm³/mol. The van der Waals surface area contributed by atoms with Crippen LogP contribution in [0.3, 0.4) is 0 Å². The van der Waals surface area contributed by atoms with Gasteiger partial charge in [0, 0.05) is 17.6 Å². The van der Waals surface area contributed by atoms with Gasteiger partial charge in [0.05, 0.1) is 0 Å². The first-order valence-corrected chi connectivity index (χ1v) is 7.40. The van der Waals surface area contributed by atoms with Gasteiger partial charge in [-0.05, 0) is 61.3 Å². The highest BCUT2D eigenvalue weighted by molar-refractivity contribution is 6.30. The lowest BCUT2D eigenvalue weighted by Gasteiger charge is -2.32. The second kappa shape index (κ2) is 6.08. The molecule has 0 aliphatic heterocycles. The zero-order valence-electron chi connectivity index (χ0n) is 11.7. The van der Waals surface area contributed by atoms with E-state index in [-0.39, 0.29) is 0 Å². The van der Waals surface area contributed by atoms with Crippen LogP contribution in [-0.2, 0) is 6.54 Å². The monoisotopic (exact) mass is 265 g/mol. The topological polar surface area (TPSA) is 12.0 Å². The number of halogens is 1. The fraction of sp³-hybridized carbons (Fsp3) is 0.625. The summed E-state index contributed by atoms with van der Waals surface area (Å²) in [6.45, 7) is 7.85. The van der Waals surface area contributed by atoms with Crippen LogP contribution in [0.15, 0.2) is 18.2 Å². The van der Waals surface area contributed by atoms with Crippen molar-refractivity contribution in [3.8, 4) is 0 Å². The Morgan fingerprint density at radius 3 is 2.44 bits per heavy atom. The van der Waals surface area contributed by atoms with Crippen molar-refractivity contribution in [2.75, 3.05) is 0 Å². The molecule has 2 rings (SSSR count). The van der Waals surface area contributed by atoms with Gasteiger partial charge in [-0.3, -0.25) is 0 Å². The fourth-order valence-electron chi connectivity index (χ4n) is 3.23. The molecule has 1 fully saturated rings. The third-order valence-corrected chi connectivity index (χ3v) is 4.30. The normalized spacial score (nSPS) is 28.3. The lowest BCUT2D eigenvalue weighted by Crippen LogP contribution is -2.36. The minimum absolute atomic E-state index is 0.679. The molecule has 1 aliphatic carbocycles. The Kier molecular flexibility index (Phi) is 4.69. The van der Waals surface area contributed by atoms with Gasteiger partial charge < -0.3 is 5.32 Å². The summed E-state index contributed by atoms with van der Waals surface area (Å²) >= 11 is 5.98. The van der Waals surface area contributed by atoms with Crippen molar-refractivity contribution in [3.63, 3.8) is 0 Å². The number of hydrogen-bond donors (Lipinski definition) is 1. The van der Waals surface area contributed by atoms with Gasteiger partial charge in [-0.1, -0.05) is 31.5 Å². The highest BCUT2D eigenvalue weighted by Gasteiger charge is 2.23. The molecule has 0 heterocycles. The van der Waals surface area contributed by atoms with Crippen LogP contribution in [0.2, 0.25) is 5.02 Å². The third-order valence-electron chi connectivity index (χ3n) is 4.06. The van der Waals surface area contributed by atoms with E-state index >= 15 is 0 Å². The number of rotatable bonds is 3. The van der Waals surface area contributed by atoms with Crippen molar-refractivity contribution in [2.45, 2.75) is 52.6 Å². The summed E-state index contributed by atoms with van der Waals surface area (Å²) in [6, 6.07) is 6.85. The van der Waals surface area contributed by atoms with Gasteiger partial charge in [-0.25, -0.2) is 0 Å². The second-order valence-corrected chi connectivity index (χ2v) is 6.50. The van der Waals surface area contributed by atoms with Crippen molar-refractivity contribution < 1.29 is 0 Å². The molecule has 0 saturated heterocycles. The number of aryl methyl sites for hydroxylation is 1. The smallest absolute Gasteiger partial charge is 0.0408 e. The maximum atomic E-state index is 5.98. The Morgan fingerprint density at radius 2 is 1.83 bits per heavy atom. The molecule has 0 bridgehead atoms. The highest BCUT2D eigenvalue weighted by atomic mass is 35.5. The highest BCUT2D eigenvalue weighted by Crippen LogP contribution is 2.28. The van der Waals surface area contributed by atoms with Crippen molar-refractivity contribution >= 4 is 11.6 Å². The van der Waals surface area contributed by atoms with E-state index in [9.17, 15) is 0 Å². The zero-order chi connectivity index (χ0) is 13.1. The fourth-order valence-corrected chi connectivity index (χ4v) is 3.45. The maximum Gasteiger partial charge on any atom is 0.0408 e. The standard InChI is InChI=1S/C16H24ClN/c1-11-6-12(2)8-16(7-11)18-10-14-4-5-15(17)9-13(14)3/h4-5,9,11-12,16,18H,6-8,10H2,1-3H3. The molecule has 1 aromatic carbocycles. The van der Waals surface area contributed by atoms with Crippen molar-refractivity contribution in [3.05, 3.63) is 34.3 Å². The Morgan fingerprint density at radius 1 is 1.17 bits per heavy atom. The van der Waals surface area contributed by atoms with Gasteiger partial charge in [0.15, 0.2) is 0 Å². The summed E-state index contributed by atoms with van der Waals surface area (Å²) in [5, 5.41) is 4.55. The molecule has 0 amide bonds. The van der Waals surface area contributed by atoms with Crippen molar-refractivity contribution in [2.24, 2.45) is 11.8 Å². The summed E-state index contributed by atoms with van der Waals surface area (Å²) in [5.74, 6) is 1.72. The summed E-state index contributed by atoms with van der Waals surface area (Å²) < 4.78 is 0. The lowest BCUT2D eigenvalue weighted by atomic mass is 9.80. The van der Waals surface area contributed by atoms with Crippen LogP contribution in [0.1, 0.15) is 44.2 Å². The van der Waals surface area contributed by atoms with E-state index in [0.29, 0.717) is 6.04 Å². The Bertz CT molecular complexity index is 392. The quantitative estimate of drug-likeness (QED) is 0.845. The second-order valence-electron chi connectivity index (χ2n) is 6.07. The number of nitrogens with one attached hydrogen (secondary N) is 1. The SMILES string of the molecule is Cc1cc(Cl)ccc1CNC1CC(C)CC(C)C1. The summed E-state index contributed by atoms with van der Waals surface area (Å²) in [5.41, 5.74) is 2.65. The zero-order valence-corrected chi connectivity index (χ0v) is 12.4. The average Bonchev–Trinajstić information content (AvgIpc) is 2.26. The average molecular weight is 266 g/mol. The molecule has 100 valence electrons. The third kappa shape index (κ3) is 3.73. The Labute approximate surface area is 116 Å². The Balaban J connectivity index is 1.91. The lowest BCUT2D eigenvalue weighted by molar-refractivity contribution is 0.238. The number of benzene rings is 1. The van der Waals surface area contributed by atoms with Crippen molar-refractivity contribution in [1.29, 1.82) is 0 Å². The number of hydrogen-bond acceptors (Lipinski definition) is 1. The predicted octanol–water partition coefficient (Wildman–Crippen LogP) is 4.56. The van der Waals surface area contributed by atoms with Crippen LogP contribution in [0.4, 0.5) is 0 Å². The molecule has 0 radical (unpaired) electrons. The molecule has 0 aromatic heterocycles. The first kappa shape index (κ1) is 13.9. The van der Waals surface area contributed by atoms with Crippen LogP contribution in [0.25, 0.3) is 0 Å². The largest absolute Gasteiger partial charge is 0.310 e. The van der Waals surface area contributed by atoms with Gasteiger partial charge in [0.25, 0.3) is 0 Å². The van der Waals surface area contributed by atoms with Crippen molar-refractivity contribution in [1.82, 2.24) is 5.32 Å². The van der Waals surface area contributed by atoms with E-state index in [1.165, 1.54) is 30.4 Å². The molecule has 1 aliphatic rings. The molecule has 1 aromatic rings. The first-order valence-electron chi connectivity index (χ1n) is 7.03. The molecule has 2 unspecified atom stereocenters. The van der Waals surface area contributed by atoms with Crippen LogP contribution in [0.5, 0.6) is 0 Å². The molecule has 18 heavy (non-hydrogen) atoms. The molecule has 1 N–H and O–H groups in total. The van der Waals surface area contributed by atoms with Crippen LogP contribution >= 0.6 is 11.6 Å². The maximum absolute atomic E-state index is 5.98. The van der Waals surface area contributed by atoms with E-state index in [4.69, 9.17) is 11.6 Å². The van der Waals surface area contributed by atoms with E-state index in [2.05, 4.69) is 32.2 Å². The van der Waals surface area contributed by atoms with Gasteiger partial charge >= 0.3 is 0 Å². The summed E-state index contributed by atoms with van der Waals surface area (Å²) in [4.78, 5) is 0. The summed E-state index contributed by atoms with van der Waals surface area (Å²) in [7, 11) is 0. The summed E-state index contributed by atoms with van der Waals surface area (Å²) in [6.07, 6.45) is 4.02. The molecule has 1 saturated carbocycles. The molecular formula is C16H24ClN. The van der Waals surface area contributed by atoms with Crippen LogP contribution in [-0.4, -0.2) is 6.04 Å². The van der Waals surface area contributed by atoms with Gasteiger partial charge in [-0.15, -0.1) is 0 Å². The van der Waals surface area contributed by atoms with Gasteiger partial charge in [0.1, 0.15) is 0 Å². The molecule has 2 atom stereocenters. The minimum atomic E-state index is 0.679. The molecule has 2 heteroatoms. The van der Waals surface area contributed by atoms with Crippen LogP contribution in [0, 0.1) is 18.8 Å². The molecular weight excluding hydrogens is 242 g/mol. The Hall–Kier alpha value is -0.530. The first-order chi connectivity index (χ1) is 8.54. The van der Waals surface area contributed by atoms with E-state index in [0.717, 1.165) is 23.4 Å². The van der Waals surface area contributed by atoms with E-state index in [1.807, 2.05) is 12.1 Å². The van der Waals surface area contributed by atoms with E-state index in [1.54, 1.807) is 0 Å². The van der Waals surface area contributed by atoms with Crippen LogP contribution < -0.4 is 5.32 Å². The molecule has 0 spiro atoms. The molecule has 1 nitrogen and oxygen atoms in total. The van der Waals surface area contributed by atoms with Gasteiger partial charge in [0.2, 0.25) is 0 Å².